The van der Waals surface area contributed by atoms with Gasteiger partial charge in [-0.25, -0.2) is 4.39 Å². The fourth-order valence-corrected chi connectivity index (χ4v) is 4.93. The number of nitrogens with zero attached hydrogens (tertiary/aromatic N) is 3. The van der Waals surface area contributed by atoms with Gasteiger partial charge in [-0.3, -0.25) is 9.48 Å². The second kappa shape index (κ2) is 9.54. The molecule has 1 saturated carbocycles. The van der Waals surface area contributed by atoms with Crippen LogP contribution in [0.15, 0.2) is 55.0 Å². The van der Waals surface area contributed by atoms with Crippen molar-refractivity contribution in [3.63, 3.8) is 0 Å². The molecule has 2 aromatic heterocycles. The van der Waals surface area contributed by atoms with Crippen molar-refractivity contribution >= 4 is 16.8 Å². The summed E-state index contributed by atoms with van der Waals surface area (Å²) in [5.74, 6) is -0.385. The first-order valence-electron chi connectivity index (χ1n) is 11.9. The van der Waals surface area contributed by atoms with E-state index in [1.165, 1.54) is 13.2 Å². The Labute approximate surface area is 203 Å². The molecule has 2 aromatic carbocycles. The Kier molecular flexibility index (Phi) is 6.30. The van der Waals surface area contributed by atoms with Crippen LogP contribution in [0.4, 0.5) is 4.39 Å². The number of amides is 1. The van der Waals surface area contributed by atoms with E-state index in [0.29, 0.717) is 30.7 Å². The Balaban J connectivity index is 1.49. The number of carbonyl (C=O) groups excluding carboxylic acids is 1. The minimum absolute atomic E-state index is 0.221. The topological polar surface area (TPSA) is 81.3 Å². The number of aryl methyl sites for hydroxylation is 1. The zero-order valence-corrected chi connectivity index (χ0v) is 19.9. The van der Waals surface area contributed by atoms with Gasteiger partial charge in [-0.15, -0.1) is 0 Å². The van der Waals surface area contributed by atoms with Gasteiger partial charge in [0.05, 0.1) is 41.9 Å². The monoisotopic (exact) mass is 476 g/mol. The molecule has 1 amide bonds. The van der Waals surface area contributed by atoms with E-state index in [1.54, 1.807) is 16.9 Å². The second-order valence-corrected chi connectivity index (χ2v) is 9.18. The van der Waals surface area contributed by atoms with Gasteiger partial charge in [-0.1, -0.05) is 37.1 Å². The third kappa shape index (κ3) is 4.53. The standard InChI is InChI=1S/C27H29FN4O3/c1-31-15-19(13-29-31)18-9-7-17(8-10-18)14-32-16-20(25-21(28)11-12-24(35-2)26(25)32)27(34)30-22-5-3-4-6-23(22)33/h7-13,15-16,22-23,33H,3-6,14H2,1-2H3,(H,30,34)/t22-,23-/m0/s1. The molecule has 0 radical (unpaired) electrons. The molecule has 0 bridgehead atoms. The SMILES string of the molecule is COc1ccc(F)c2c(C(=O)N[C@H]3CCCC[C@@H]3O)cn(Cc3ccc(-c4cnn(C)c4)cc3)c12. The first kappa shape index (κ1) is 23.1. The van der Waals surface area contributed by atoms with Crippen LogP contribution >= 0.6 is 0 Å². The maximum atomic E-state index is 15.1. The molecule has 4 aromatic rings. The quantitative estimate of drug-likeness (QED) is 0.436. The van der Waals surface area contributed by atoms with E-state index < -0.39 is 17.8 Å². The number of benzene rings is 2. The smallest absolute Gasteiger partial charge is 0.253 e. The Morgan fingerprint density at radius 2 is 1.91 bits per heavy atom. The van der Waals surface area contributed by atoms with Crippen LogP contribution in [0, 0.1) is 5.82 Å². The average molecular weight is 477 g/mol. The third-order valence-electron chi connectivity index (χ3n) is 6.79. The van der Waals surface area contributed by atoms with Gasteiger partial charge in [0, 0.05) is 31.5 Å². The number of ether oxygens (including phenoxy) is 1. The molecule has 1 aliphatic carbocycles. The Hall–Kier alpha value is -3.65. The highest BCUT2D eigenvalue weighted by molar-refractivity contribution is 6.08. The number of carbonyl (C=O) groups is 1. The number of aromatic nitrogens is 3. The van der Waals surface area contributed by atoms with Crippen molar-refractivity contribution < 1.29 is 19.0 Å². The van der Waals surface area contributed by atoms with Crippen molar-refractivity contribution in [1.29, 1.82) is 0 Å². The second-order valence-electron chi connectivity index (χ2n) is 9.18. The van der Waals surface area contributed by atoms with Gasteiger partial charge in [-0.05, 0) is 36.1 Å². The van der Waals surface area contributed by atoms with E-state index >= 15 is 4.39 Å². The molecule has 0 spiro atoms. The lowest BCUT2D eigenvalue weighted by atomic mass is 9.92. The van der Waals surface area contributed by atoms with Crippen LogP contribution in [0.25, 0.3) is 22.0 Å². The molecule has 8 heteroatoms. The summed E-state index contributed by atoms with van der Waals surface area (Å²) in [6.07, 6.45) is 8.12. The molecule has 7 nitrogen and oxygen atoms in total. The van der Waals surface area contributed by atoms with Gasteiger partial charge < -0.3 is 19.7 Å². The van der Waals surface area contributed by atoms with Crippen molar-refractivity contribution in [2.75, 3.05) is 7.11 Å². The first-order valence-corrected chi connectivity index (χ1v) is 11.9. The molecule has 35 heavy (non-hydrogen) atoms. The largest absolute Gasteiger partial charge is 0.495 e. The Bertz CT molecular complexity index is 1360. The van der Waals surface area contributed by atoms with Crippen LogP contribution < -0.4 is 10.1 Å². The molecule has 1 aliphatic rings. The number of aliphatic hydroxyl groups is 1. The average Bonchev–Trinajstić information content (AvgIpc) is 3.46. The molecule has 0 aliphatic heterocycles. The van der Waals surface area contributed by atoms with Crippen molar-refractivity contribution in [3.05, 3.63) is 71.9 Å². The van der Waals surface area contributed by atoms with Crippen LogP contribution in [-0.4, -0.2) is 44.6 Å². The van der Waals surface area contributed by atoms with Crippen molar-refractivity contribution in [1.82, 2.24) is 19.7 Å². The van der Waals surface area contributed by atoms with E-state index in [9.17, 15) is 9.90 Å². The first-order chi connectivity index (χ1) is 16.9. The molecule has 0 saturated heterocycles. The third-order valence-corrected chi connectivity index (χ3v) is 6.79. The Morgan fingerprint density at radius 1 is 1.14 bits per heavy atom. The minimum atomic E-state index is -0.584. The van der Waals surface area contributed by atoms with Crippen molar-refractivity contribution in [2.24, 2.45) is 7.05 Å². The summed E-state index contributed by atoms with van der Waals surface area (Å²) in [6, 6.07) is 10.6. The number of hydrogen-bond donors (Lipinski definition) is 2. The molecule has 2 atom stereocenters. The normalized spacial score (nSPS) is 18.1. The van der Waals surface area contributed by atoms with E-state index in [2.05, 4.69) is 10.4 Å². The molecular formula is C27H29FN4O3. The summed E-state index contributed by atoms with van der Waals surface area (Å²) < 4.78 is 24.2. The highest BCUT2D eigenvalue weighted by atomic mass is 19.1. The van der Waals surface area contributed by atoms with Crippen LogP contribution in [0.5, 0.6) is 5.75 Å². The molecule has 5 rings (SSSR count). The summed E-state index contributed by atoms with van der Waals surface area (Å²) in [5, 5.41) is 17.7. The number of methoxy groups -OCH3 is 1. The molecule has 182 valence electrons. The highest BCUT2D eigenvalue weighted by Gasteiger charge is 2.28. The van der Waals surface area contributed by atoms with E-state index in [1.807, 2.05) is 48.3 Å². The number of fused-ring (bicyclic) bond motifs is 1. The number of rotatable bonds is 6. The molecular weight excluding hydrogens is 447 g/mol. The zero-order valence-electron chi connectivity index (χ0n) is 19.9. The van der Waals surface area contributed by atoms with Crippen LogP contribution in [0.3, 0.4) is 0 Å². The van der Waals surface area contributed by atoms with Gasteiger partial charge >= 0.3 is 0 Å². The lowest BCUT2D eigenvalue weighted by Crippen LogP contribution is -2.45. The highest BCUT2D eigenvalue weighted by Crippen LogP contribution is 2.33. The predicted octanol–water partition coefficient (Wildman–Crippen LogP) is 4.27. The molecule has 2 heterocycles. The number of aliphatic hydroxyl groups excluding tert-OH is 1. The van der Waals surface area contributed by atoms with Crippen LogP contribution in [-0.2, 0) is 13.6 Å². The summed E-state index contributed by atoms with van der Waals surface area (Å²) in [7, 11) is 3.41. The van der Waals surface area contributed by atoms with E-state index in [0.717, 1.165) is 29.5 Å². The summed E-state index contributed by atoms with van der Waals surface area (Å²) in [5.41, 5.74) is 3.84. The minimum Gasteiger partial charge on any atom is -0.495 e. The lowest BCUT2D eigenvalue weighted by molar-refractivity contribution is 0.0718. The van der Waals surface area contributed by atoms with Crippen LogP contribution in [0.2, 0.25) is 0 Å². The van der Waals surface area contributed by atoms with Gasteiger partial charge in [-0.2, -0.15) is 5.10 Å². The molecule has 1 fully saturated rings. The Morgan fingerprint density at radius 3 is 2.60 bits per heavy atom. The van der Waals surface area contributed by atoms with Gasteiger partial charge in [0.1, 0.15) is 11.6 Å². The fourth-order valence-electron chi connectivity index (χ4n) is 4.93. The molecule has 2 N–H and O–H groups in total. The number of halogens is 1. The zero-order chi connectivity index (χ0) is 24.5. The lowest BCUT2D eigenvalue weighted by Gasteiger charge is -2.28. The maximum absolute atomic E-state index is 15.1. The molecule has 0 unspecified atom stereocenters. The summed E-state index contributed by atoms with van der Waals surface area (Å²) in [6.45, 7) is 0.433. The van der Waals surface area contributed by atoms with Gasteiger partial charge in [0.15, 0.2) is 0 Å². The van der Waals surface area contributed by atoms with Crippen molar-refractivity contribution in [3.8, 4) is 16.9 Å². The summed E-state index contributed by atoms with van der Waals surface area (Å²) >= 11 is 0. The van der Waals surface area contributed by atoms with Crippen LogP contribution in [0.1, 0.15) is 41.6 Å². The summed E-state index contributed by atoms with van der Waals surface area (Å²) in [4.78, 5) is 13.2. The van der Waals surface area contributed by atoms with E-state index in [4.69, 9.17) is 4.74 Å². The van der Waals surface area contributed by atoms with E-state index in [-0.39, 0.29) is 17.0 Å². The fraction of sp³-hybridized carbons (Fsp3) is 0.333. The number of nitrogens with one attached hydrogen (secondary N) is 1. The maximum Gasteiger partial charge on any atom is 0.253 e. The van der Waals surface area contributed by atoms with Gasteiger partial charge in [0.25, 0.3) is 5.91 Å². The predicted molar refractivity (Wildman–Crippen MR) is 132 cm³/mol. The van der Waals surface area contributed by atoms with Gasteiger partial charge in [0.2, 0.25) is 0 Å². The number of hydrogen-bond acceptors (Lipinski definition) is 4. The van der Waals surface area contributed by atoms with Crippen molar-refractivity contribution in [2.45, 2.75) is 44.4 Å².